The Morgan fingerprint density at radius 3 is 2.68 bits per heavy atom. The minimum atomic E-state index is -0.376. The van der Waals surface area contributed by atoms with E-state index in [2.05, 4.69) is 10.3 Å². The number of benzene rings is 2. The molecule has 0 aliphatic heterocycles. The molecule has 0 aliphatic carbocycles. The van der Waals surface area contributed by atoms with Crippen LogP contribution in [0.2, 0.25) is 0 Å². The summed E-state index contributed by atoms with van der Waals surface area (Å²) in [6.07, 6.45) is 0.279. The number of amides is 1. The molecule has 0 radical (unpaired) electrons. The Bertz CT molecular complexity index is 1220. The quantitative estimate of drug-likeness (QED) is 0.568. The molecule has 4 rings (SSSR count). The highest BCUT2D eigenvalue weighted by Crippen LogP contribution is 2.18. The number of halogens is 1. The van der Waals surface area contributed by atoms with E-state index in [0.29, 0.717) is 28.1 Å². The molecule has 0 fully saturated rings. The lowest BCUT2D eigenvalue weighted by Crippen LogP contribution is -2.22. The fraction of sp³-hybridized carbons (Fsp3) is 0.0952. The van der Waals surface area contributed by atoms with Crippen molar-refractivity contribution in [2.45, 2.75) is 13.3 Å². The predicted octanol–water partition coefficient (Wildman–Crippen LogP) is 4.08. The fourth-order valence-electron chi connectivity index (χ4n) is 3.05. The van der Waals surface area contributed by atoms with Crippen molar-refractivity contribution in [2.24, 2.45) is 0 Å². The maximum Gasteiger partial charge on any atom is 0.266 e. The Labute approximate surface area is 164 Å². The van der Waals surface area contributed by atoms with E-state index >= 15 is 0 Å². The summed E-state index contributed by atoms with van der Waals surface area (Å²) in [4.78, 5) is 30.7. The van der Waals surface area contributed by atoms with Crippen molar-refractivity contribution in [1.82, 2.24) is 9.55 Å². The number of fused-ring (bicyclic) bond motifs is 1. The van der Waals surface area contributed by atoms with Crippen molar-refractivity contribution < 1.29 is 9.18 Å². The molecule has 140 valence electrons. The van der Waals surface area contributed by atoms with Gasteiger partial charge in [0.2, 0.25) is 5.91 Å². The number of carbonyl (C=O) groups is 1. The van der Waals surface area contributed by atoms with E-state index in [-0.39, 0.29) is 23.7 Å². The molecular weight excluding hydrogens is 377 g/mol. The van der Waals surface area contributed by atoms with Crippen LogP contribution in [0.1, 0.15) is 10.7 Å². The van der Waals surface area contributed by atoms with Gasteiger partial charge in [-0.15, -0.1) is 11.3 Å². The van der Waals surface area contributed by atoms with Gasteiger partial charge in [-0.3, -0.25) is 14.2 Å². The number of aromatic nitrogens is 2. The van der Waals surface area contributed by atoms with E-state index in [9.17, 15) is 14.0 Å². The molecule has 1 amide bonds. The maximum atomic E-state index is 13.2. The zero-order valence-corrected chi connectivity index (χ0v) is 15.8. The van der Waals surface area contributed by atoms with Gasteiger partial charge in [0.15, 0.2) is 0 Å². The molecule has 0 saturated carbocycles. The molecular formula is C21H16FN3O2S. The summed E-state index contributed by atoms with van der Waals surface area (Å²) in [6, 6.07) is 14.5. The third-order valence-corrected chi connectivity index (χ3v) is 5.20. The molecule has 0 saturated heterocycles. The predicted molar refractivity (Wildman–Crippen MR) is 109 cm³/mol. The van der Waals surface area contributed by atoms with Crippen molar-refractivity contribution in [3.8, 4) is 5.69 Å². The molecule has 2 heterocycles. The van der Waals surface area contributed by atoms with Gasteiger partial charge in [0.25, 0.3) is 5.56 Å². The summed E-state index contributed by atoms with van der Waals surface area (Å²) in [5.74, 6) is -0.0294. The zero-order valence-electron chi connectivity index (χ0n) is 15.0. The maximum absolute atomic E-state index is 13.2. The van der Waals surface area contributed by atoms with Crippen LogP contribution < -0.4 is 10.9 Å². The monoisotopic (exact) mass is 393 g/mol. The van der Waals surface area contributed by atoms with E-state index in [1.54, 1.807) is 25.1 Å². The largest absolute Gasteiger partial charge is 0.326 e. The summed E-state index contributed by atoms with van der Waals surface area (Å²) in [5.41, 5.74) is 1.33. The van der Waals surface area contributed by atoms with Crippen LogP contribution in [0, 0.1) is 12.7 Å². The summed E-state index contributed by atoms with van der Waals surface area (Å²) in [6.45, 7) is 1.72. The topological polar surface area (TPSA) is 64.0 Å². The van der Waals surface area contributed by atoms with Crippen molar-refractivity contribution in [3.05, 3.63) is 86.8 Å². The van der Waals surface area contributed by atoms with Crippen molar-refractivity contribution in [2.75, 3.05) is 5.32 Å². The molecule has 0 unspecified atom stereocenters. The molecule has 2 aromatic heterocycles. The average Bonchev–Trinajstić information content (AvgIpc) is 3.17. The SMILES string of the molecule is Cc1nc2ccc(NC(=O)Cc3cccs3)cc2c(=O)n1-c1ccc(F)cc1. The minimum absolute atomic E-state index is 0.152. The molecule has 2 aromatic carbocycles. The number of anilines is 1. The summed E-state index contributed by atoms with van der Waals surface area (Å²) in [5, 5.41) is 5.12. The van der Waals surface area contributed by atoms with Crippen LogP contribution in [0.3, 0.4) is 0 Å². The zero-order chi connectivity index (χ0) is 19.7. The van der Waals surface area contributed by atoms with Gasteiger partial charge in [0.05, 0.1) is 23.0 Å². The molecule has 0 spiro atoms. The second-order valence-electron chi connectivity index (χ2n) is 6.31. The highest BCUT2D eigenvalue weighted by atomic mass is 32.1. The normalized spacial score (nSPS) is 10.9. The van der Waals surface area contributed by atoms with Gasteiger partial charge in [-0.1, -0.05) is 6.07 Å². The summed E-state index contributed by atoms with van der Waals surface area (Å²) < 4.78 is 14.7. The second kappa shape index (κ2) is 7.36. The Morgan fingerprint density at radius 1 is 1.18 bits per heavy atom. The molecule has 0 bridgehead atoms. The first-order valence-electron chi connectivity index (χ1n) is 8.63. The molecule has 5 nitrogen and oxygen atoms in total. The number of nitrogens with zero attached hydrogens (tertiary/aromatic N) is 2. The molecule has 7 heteroatoms. The molecule has 1 N–H and O–H groups in total. The van der Waals surface area contributed by atoms with Crippen molar-refractivity contribution in [3.63, 3.8) is 0 Å². The van der Waals surface area contributed by atoms with E-state index in [1.807, 2.05) is 17.5 Å². The minimum Gasteiger partial charge on any atom is -0.326 e. The lowest BCUT2D eigenvalue weighted by atomic mass is 10.2. The van der Waals surface area contributed by atoms with Crippen LogP contribution in [0.5, 0.6) is 0 Å². The Morgan fingerprint density at radius 2 is 1.96 bits per heavy atom. The van der Waals surface area contributed by atoms with Crippen LogP contribution in [0.25, 0.3) is 16.6 Å². The molecule has 4 aromatic rings. The number of rotatable bonds is 4. The Balaban J connectivity index is 1.71. The third-order valence-electron chi connectivity index (χ3n) is 4.32. The summed E-state index contributed by atoms with van der Waals surface area (Å²) >= 11 is 1.52. The molecule has 0 atom stereocenters. The van der Waals surface area contributed by atoms with Gasteiger partial charge < -0.3 is 5.32 Å². The highest BCUT2D eigenvalue weighted by Gasteiger charge is 2.12. The number of thiophene rings is 1. The average molecular weight is 393 g/mol. The van der Waals surface area contributed by atoms with Gasteiger partial charge in [-0.2, -0.15) is 0 Å². The van der Waals surface area contributed by atoms with Crippen LogP contribution >= 0.6 is 11.3 Å². The van der Waals surface area contributed by atoms with Gasteiger partial charge in [-0.05, 0) is 60.8 Å². The van der Waals surface area contributed by atoms with E-state index in [4.69, 9.17) is 0 Å². The van der Waals surface area contributed by atoms with E-state index < -0.39 is 0 Å². The molecule has 0 aliphatic rings. The van der Waals surface area contributed by atoms with Crippen LogP contribution in [-0.2, 0) is 11.2 Å². The number of hydrogen-bond donors (Lipinski definition) is 1. The van der Waals surface area contributed by atoms with Crippen LogP contribution in [0.4, 0.5) is 10.1 Å². The molecule has 28 heavy (non-hydrogen) atoms. The summed E-state index contributed by atoms with van der Waals surface area (Å²) in [7, 11) is 0. The second-order valence-corrected chi connectivity index (χ2v) is 7.34. The van der Waals surface area contributed by atoms with E-state index in [0.717, 1.165) is 4.88 Å². The first-order chi connectivity index (χ1) is 13.5. The smallest absolute Gasteiger partial charge is 0.266 e. The number of nitrogens with one attached hydrogen (secondary N) is 1. The van der Waals surface area contributed by atoms with Crippen LogP contribution in [0.15, 0.2) is 64.8 Å². The number of aryl methyl sites for hydroxylation is 1. The van der Waals surface area contributed by atoms with Gasteiger partial charge >= 0.3 is 0 Å². The highest BCUT2D eigenvalue weighted by molar-refractivity contribution is 7.10. The number of carbonyl (C=O) groups excluding carboxylic acids is 1. The van der Waals surface area contributed by atoms with Gasteiger partial charge in [0, 0.05) is 10.6 Å². The van der Waals surface area contributed by atoms with Gasteiger partial charge in [0.1, 0.15) is 11.6 Å². The fourth-order valence-corrected chi connectivity index (χ4v) is 3.75. The third kappa shape index (κ3) is 3.57. The van der Waals surface area contributed by atoms with Crippen LogP contribution in [-0.4, -0.2) is 15.5 Å². The number of hydrogen-bond acceptors (Lipinski definition) is 4. The lowest BCUT2D eigenvalue weighted by molar-refractivity contribution is -0.115. The van der Waals surface area contributed by atoms with Crippen molar-refractivity contribution in [1.29, 1.82) is 0 Å². The van der Waals surface area contributed by atoms with Crippen molar-refractivity contribution >= 4 is 33.8 Å². The van der Waals surface area contributed by atoms with Gasteiger partial charge in [-0.25, -0.2) is 9.37 Å². The Kier molecular flexibility index (Phi) is 4.75. The Hall–Kier alpha value is -3.32. The first kappa shape index (κ1) is 18.1. The first-order valence-corrected chi connectivity index (χ1v) is 9.51. The lowest BCUT2D eigenvalue weighted by Gasteiger charge is -2.12. The van der Waals surface area contributed by atoms with E-state index in [1.165, 1.54) is 40.2 Å². The standard InChI is InChI=1S/C21H16FN3O2S/c1-13-23-19-9-6-15(24-20(26)12-17-3-2-10-28-17)11-18(19)21(27)25(13)16-7-4-14(22)5-8-16/h2-11H,12H2,1H3,(H,24,26).